The average Bonchev–Trinajstić information content (AvgIpc) is 1.85. The predicted octanol–water partition coefficient (Wildman–Crippen LogP) is -0.587. The van der Waals surface area contributed by atoms with Crippen LogP contribution in [0.5, 0.6) is 0 Å². The second-order valence-corrected chi connectivity index (χ2v) is 3.21. The fourth-order valence-corrected chi connectivity index (χ4v) is 1.64. The van der Waals surface area contributed by atoms with Gasteiger partial charge < -0.3 is 16.8 Å². The van der Waals surface area contributed by atoms with E-state index in [1.165, 1.54) is 0 Å². The van der Waals surface area contributed by atoms with E-state index < -0.39 is 0 Å². The molecule has 1 aliphatic carbocycles. The predicted molar refractivity (Wildman–Crippen MR) is 42.6 cm³/mol. The number of hydrogen-bond donors (Lipinski definition) is 3. The van der Waals surface area contributed by atoms with Crippen LogP contribution < -0.4 is 16.8 Å². The van der Waals surface area contributed by atoms with E-state index in [0.29, 0.717) is 18.1 Å². The highest BCUT2D eigenvalue weighted by atomic mass is 14.9. The van der Waals surface area contributed by atoms with Gasteiger partial charge in [0.1, 0.15) is 0 Å². The van der Waals surface area contributed by atoms with Crippen molar-refractivity contribution in [2.24, 2.45) is 11.5 Å². The lowest BCUT2D eigenvalue weighted by molar-refractivity contribution is 0.321. The van der Waals surface area contributed by atoms with Crippen molar-refractivity contribution in [2.75, 3.05) is 7.05 Å². The third kappa shape index (κ3) is 1.94. The smallest absolute Gasteiger partial charge is 0.00935 e. The fourth-order valence-electron chi connectivity index (χ4n) is 1.64. The Morgan fingerprint density at radius 2 is 1.60 bits per heavy atom. The maximum absolute atomic E-state index is 5.77. The Hall–Kier alpha value is -0.120. The molecule has 0 saturated heterocycles. The first-order valence-corrected chi connectivity index (χ1v) is 3.90. The summed E-state index contributed by atoms with van der Waals surface area (Å²) in [4.78, 5) is 0. The Morgan fingerprint density at radius 3 is 2.00 bits per heavy atom. The number of rotatable bonds is 1. The summed E-state index contributed by atoms with van der Waals surface area (Å²) in [6.07, 6.45) is 3.13. The van der Waals surface area contributed by atoms with Crippen LogP contribution in [0.1, 0.15) is 19.3 Å². The molecule has 3 atom stereocenters. The van der Waals surface area contributed by atoms with Crippen molar-refractivity contribution in [1.29, 1.82) is 0 Å². The van der Waals surface area contributed by atoms with Gasteiger partial charge >= 0.3 is 0 Å². The van der Waals surface area contributed by atoms with E-state index in [4.69, 9.17) is 11.5 Å². The lowest BCUT2D eigenvalue weighted by Gasteiger charge is -2.30. The van der Waals surface area contributed by atoms with Crippen molar-refractivity contribution in [3.63, 3.8) is 0 Å². The van der Waals surface area contributed by atoms with Crippen molar-refractivity contribution in [1.82, 2.24) is 5.32 Å². The third-order valence-corrected chi connectivity index (χ3v) is 2.19. The summed E-state index contributed by atoms with van der Waals surface area (Å²) in [7, 11) is 1.97. The van der Waals surface area contributed by atoms with E-state index in [2.05, 4.69) is 5.32 Å². The van der Waals surface area contributed by atoms with Gasteiger partial charge in [0, 0.05) is 18.1 Å². The van der Waals surface area contributed by atoms with Crippen molar-refractivity contribution in [3.8, 4) is 0 Å². The van der Waals surface area contributed by atoms with Gasteiger partial charge in [-0.3, -0.25) is 0 Å². The van der Waals surface area contributed by atoms with Gasteiger partial charge in [0.05, 0.1) is 0 Å². The first kappa shape index (κ1) is 7.98. The molecule has 1 rings (SSSR count). The van der Waals surface area contributed by atoms with E-state index >= 15 is 0 Å². The van der Waals surface area contributed by atoms with Crippen molar-refractivity contribution < 1.29 is 0 Å². The highest BCUT2D eigenvalue weighted by Crippen LogP contribution is 2.15. The molecule has 0 aromatic carbocycles. The summed E-state index contributed by atoms with van der Waals surface area (Å²) < 4.78 is 0. The van der Waals surface area contributed by atoms with Crippen LogP contribution in [-0.2, 0) is 0 Å². The molecule has 3 heteroatoms. The average molecular weight is 143 g/mol. The monoisotopic (exact) mass is 143 g/mol. The molecule has 0 aliphatic heterocycles. The van der Waals surface area contributed by atoms with E-state index in [9.17, 15) is 0 Å². The van der Waals surface area contributed by atoms with Gasteiger partial charge in [-0.1, -0.05) is 0 Å². The molecule has 60 valence electrons. The topological polar surface area (TPSA) is 64.1 Å². The summed E-state index contributed by atoms with van der Waals surface area (Å²) in [5.41, 5.74) is 11.5. The van der Waals surface area contributed by atoms with Gasteiger partial charge in [0.15, 0.2) is 0 Å². The summed E-state index contributed by atoms with van der Waals surface area (Å²) in [5, 5.41) is 3.20. The lowest BCUT2D eigenvalue weighted by atomic mass is 9.88. The molecule has 0 spiro atoms. The highest BCUT2D eigenvalue weighted by Gasteiger charge is 2.22. The Labute approximate surface area is 62.2 Å². The third-order valence-electron chi connectivity index (χ3n) is 2.19. The van der Waals surface area contributed by atoms with E-state index in [0.717, 1.165) is 19.3 Å². The molecule has 0 bridgehead atoms. The molecule has 0 heterocycles. The van der Waals surface area contributed by atoms with Crippen molar-refractivity contribution in [3.05, 3.63) is 0 Å². The molecule has 1 aliphatic rings. The molecule has 3 nitrogen and oxygen atoms in total. The maximum Gasteiger partial charge on any atom is 0.00935 e. The fraction of sp³-hybridized carbons (Fsp3) is 1.00. The summed E-state index contributed by atoms with van der Waals surface area (Å²) in [6, 6.07) is 1.15. The van der Waals surface area contributed by atoms with Gasteiger partial charge in [-0.15, -0.1) is 0 Å². The molecule has 0 aromatic heterocycles. The van der Waals surface area contributed by atoms with Crippen LogP contribution in [-0.4, -0.2) is 25.2 Å². The van der Waals surface area contributed by atoms with Crippen molar-refractivity contribution in [2.45, 2.75) is 37.4 Å². The van der Waals surface area contributed by atoms with Crippen LogP contribution in [0, 0.1) is 0 Å². The SMILES string of the molecule is CNC1C[C@@H](N)C[C@@H](N)C1. The highest BCUT2D eigenvalue weighted by molar-refractivity contribution is 4.85. The molecule has 0 radical (unpaired) electrons. The number of hydrogen-bond acceptors (Lipinski definition) is 3. The van der Waals surface area contributed by atoms with Crippen LogP contribution in [0.15, 0.2) is 0 Å². The molecule has 10 heavy (non-hydrogen) atoms. The first-order chi connectivity index (χ1) is 4.72. The Morgan fingerprint density at radius 1 is 1.10 bits per heavy atom. The van der Waals surface area contributed by atoms with Gasteiger partial charge in [0.25, 0.3) is 0 Å². The second kappa shape index (κ2) is 3.32. The summed E-state index contributed by atoms with van der Waals surface area (Å²) in [5.74, 6) is 0. The maximum atomic E-state index is 5.77. The molecule has 1 saturated carbocycles. The minimum absolute atomic E-state index is 0.307. The zero-order valence-electron chi connectivity index (χ0n) is 6.51. The van der Waals surface area contributed by atoms with Crippen LogP contribution >= 0.6 is 0 Å². The van der Waals surface area contributed by atoms with Gasteiger partial charge in [0.2, 0.25) is 0 Å². The number of nitrogens with two attached hydrogens (primary N) is 2. The normalized spacial score (nSPS) is 41.7. The second-order valence-electron chi connectivity index (χ2n) is 3.21. The Bertz CT molecular complexity index is 95.0. The van der Waals surface area contributed by atoms with Crippen LogP contribution in [0.4, 0.5) is 0 Å². The van der Waals surface area contributed by atoms with E-state index in [-0.39, 0.29) is 0 Å². The zero-order chi connectivity index (χ0) is 7.56. The van der Waals surface area contributed by atoms with Gasteiger partial charge in [-0.25, -0.2) is 0 Å². The minimum atomic E-state index is 0.307. The van der Waals surface area contributed by atoms with Gasteiger partial charge in [-0.2, -0.15) is 0 Å². The molecule has 0 aromatic rings. The number of nitrogens with one attached hydrogen (secondary N) is 1. The van der Waals surface area contributed by atoms with Crippen LogP contribution in [0.2, 0.25) is 0 Å². The molecular formula is C7H17N3. The molecule has 5 N–H and O–H groups in total. The van der Waals surface area contributed by atoms with Crippen molar-refractivity contribution >= 4 is 0 Å². The standard InChI is InChI=1S/C7H17N3/c1-10-7-3-5(8)2-6(9)4-7/h5-7,10H,2-4,8-9H2,1H3/t5-,6+,7?. The Balaban J connectivity index is 2.35. The zero-order valence-corrected chi connectivity index (χ0v) is 6.51. The summed E-state index contributed by atoms with van der Waals surface area (Å²) >= 11 is 0. The molecule has 1 fully saturated rings. The van der Waals surface area contributed by atoms with Gasteiger partial charge in [-0.05, 0) is 26.3 Å². The lowest BCUT2D eigenvalue weighted by Crippen LogP contribution is -2.46. The molecule has 1 unspecified atom stereocenters. The van der Waals surface area contributed by atoms with E-state index in [1.54, 1.807) is 0 Å². The first-order valence-electron chi connectivity index (χ1n) is 3.90. The van der Waals surface area contributed by atoms with Crippen LogP contribution in [0.25, 0.3) is 0 Å². The van der Waals surface area contributed by atoms with Crippen LogP contribution in [0.3, 0.4) is 0 Å². The largest absolute Gasteiger partial charge is 0.328 e. The molecular weight excluding hydrogens is 126 g/mol. The van der Waals surface area contributed by atoms with E-state index in [1.807, 2.05) is 7.05 Å². The molecule has 0 amide bonds. The minimum Gasteiger partial charge on any atom is -0.328 e. The summed E-state index contributed by atoms with van der Waals surface area (Å²) in [6.45, 7) is 0. The Kier molecular flexibility index (Phi) is 2.65. The quantitative estimate of drug-likeness (QED) is 0.460.